The van der Waals surface area contributed by atoms with Crippen molar-refractivity contribution in [2.45, 2.75) is 25.6 Å². The van der Waals surface area contributed by atoms with Crippen molar-refractivity contribution >= 4 is 5.97 Å². The van der Waals surface area contributed by atoms with Crippen LogP contribution in [0.1, 0.15) is 13.3 Å². The number of ether oxygens (including phenoxy) is 2. The maximum atomic E-state index is 10.8. The van der Waals surface area contributed by atoms with Crippen LogP contribution >= 0.6 is 0 Å². The molecule has 0 fully saturated rings. The zero-order valence-electron chi connectivity index (χ0n) is 7.03. The lowest BCUT2D eigenvalue weighted by molar-refractivity contribution is -0.159. The van der Waals surface area contributed by atoms with E-state index in [1.54, 1.807) is 6.92 Å². The molecule has 0 aromatic heterocycles. The number of aliphatic hydroxyl groups is 1. The minimum atomic E-state index is -0.856. The molecule has 11 heavy (non-hydrogen) atoms. The fraction of sp³-hybridized carbons (Fsp3) is 0.857. The summed E-state index contributed by atoms with van der Waals surface area (Å²) < 4.78 is 9.13. The highest BCUT2D eigenvalue weighted by Crippen LogP contribution is 2.03. The predicted octanol–water partition coefficient (Wildman–Crippen LogP) is -0.0547. The third-order valence-electron chi connectivity index (χ3n) is 1.46. The fourth-order valence-electron chi connectivity index (χ4n) is 0.741. The summed E-state index contributed by atoms with van der Waals surface area (Å²) in [6.07, 6.45) is -1.18. The Morgan fingerprint density at radius 2 is 2.09 bits per heavy atom. The van der Waals surface area contributed by atoms with Crippen molar-refractivity contribution in [2.75, 3.05) is 14.2 Å². The zero-order chi connectivity index (χ0) is 8.85. The molecule has 4 nitrogen and oxygen atoms in total. The molecule has 0 bridgehead atoms. The van der Waals surface area contributed by atoms with Crippen LogP contribution in [0.2, 0.25) is 0 Å². The molecule has 0 rings (SSSR count). The lowest BCUT2D eigenvalue weighted by Crippen LogP contribution is -2.36. The van der Waals surface area contributed by atoms with Crippen LogP contribution in [0.25, 0.3) is 0 Å². The summed E-state index contributed by atoms with van der Waals surface area (Å²) in [5, 5.41) is 9.19. The van der Waals surface area contributed by atoms with E-state index in [-0.39, 0.29) is 0 Å². The van der Waals surface area contributed by atoms with E-state index in [9.17, 15) is 9.90 Å². The molecule has 0 radical (unpaired) electrons. The Morgan fingerprint density at radius 3 is 2.36 bits per heavy atom. The second-order valence-electron chi connectivity index (χ2n) is 2.16. The van der Waals surface area contributed by atoms with Gasteiger partial charge in [-0.05, 0) is 6.42 Å². The maximum Gasteiger partial charge on any atom is 0.337 e. The van der Waals surface area contributed by atoms with E-state index in [0.717, 1.165) is 0 Å². The summed E-state index contributed by atoms with van der Waals surface area (Å²) in [6.45, 7) is 1.76. The Balaban J connectivity index is 4.03. The Bertz CT molecular complexity index is 124. The van der Waals surface area contributed by atoms with Gasteiger partial charge in [0.05, 0.1) is 13.2 Å². The smallest absolute Gasteiger partial charge is 0.337 e. The van der Waals surface area contributed by atoms with Crippen molar-refractivity contribution in [2.24, 2.45) is 0 Å². The van der Waals surface area contributed by atoms with Crippen LogP contribution < -0.4 is 0 Å². The number of methoxy groups -OCH3 is 2. The van der Waals surface area contributed by atoms with Crippen molar-refractivity contribution in [1.29, 1.82) is 0 Å². The van der Waals surface area contributed by atoms with Crippen LogP contribution in [-0.4, -0.2) is 37.5 Å². The van der Waals surface area contributed by atoms with Crippen LogP contribution in [0, 0.1) is 0 Å². The highest BCUT2D eigenvalue weighted by molar-refractivity contribution is 5.75. The maximum absolute atomic E-state index is 10.8. The summed E-state index contributed by atoms with van der Waals surface area (Å²) in [4.78, 5) is 10.8. The van der Waals surface area contributed by atoms with Gasteiger partial charge in [-0.15, -0.1) is 0 Å². The average molecular weight is 162 g/mol. The number of aliphatic hydroxyl groups excluding tert-OH is 1. The SMILES string of the molecule is CCC(O)C(OC)C(=O)OC. The number of rotatable bonds is 4. The van der Waals surface area contributed by atoms with Crippen LogP contribution in [0.5, 0.6) is 0 Å². The monoisotopic (exact) mass is 162 g/mol. The molecule has 0 heterocycles. The van der Waals surface area contributed by atoms with Crippen LogP contribution in [0.15, 0.2) is 0 Å². The molecular weight excluding hydrogens is 148 g/mol. The van der Waals surface area contributed by atoms with Gasteiger partial charge in [-0.2, -0.15) is 0 Å². The molecule has 0 aliphatic rings. The molecule has 0 spiro atoms. The van der Waals surface area contributed by atoms with Gasteiger partial charge in [0.15, 0.2) is 6.10 Å². The van der Waals surface area contributed by atoms with Crippen LogP contribution in [0.4, 0.5) is 0 Å². The number of carbonyl (C=O) groups excluding carboxylic acids is 1. The van der Waals surface area contributed by atoms with Crippen molar-refractivity contribution in [3.05, 3.63) is 0 Å². The Hall–Kier alpha value is -0.610. The van der Waals surface area contributed by atoms with E-state index in [4.69, 9.17) is 4.74 Å². The molecule has 0 amide bonds. The van der Waals surface area contributed by atoms with Crippen LogP contribution in [0.3, 0.4) is 0 Å². The third kappa shape index (κ3) is 2.86. The summed E-state index contributed by atoms with van der Waals surface area (Å²) in [5.74, 6) is -0.540. The Kier molecular flexibility index (Phi) is 4.81. The Labute approximate surface area is 66.1 Å². The number of hydrogen-bond donors (Lipinski definition) is 1. The van der Waals surface area contributed by atoms with Crippen molar-refractivity contribution < 1.29 is 19.4 Å². The summed E-state index contributed by atoms with van der Waals surface area (Å²) >= 11 is 0. The van der Waals surface area contributed by atoms with Gasteiger partial charge in [0.2, 0.25) is 0 Å². The average Bonchev–Trinajstić information content (AvgIpc) is 2.05. The van der Waals surface area contributed by atoms with E-state index in [1.165, 1.54) is 14.2 Å². The predicted molar refractivity (Wildman–Crippen MR) is 39.1 cm³/mol. The lowest BCUT2D eigenvalue weighted by atomic mass is 10.1. The third-order valence-corrected chi connectivity index (χ3v) is 1.46. The molecule has 0 aromatic carbocycles. The standard InChI is InChI=1S/C7H14O4/c1-4-5(8)6(10-2)7(9)11-3/h5-6,8H,4H2,1-3H3. The molecule has 2 unspecified atom stereocenters. The molecule has 0 aliphatic carbocycles. The second-order valence-corrected chi connectivity index (χ2v) is 2.16. The first-order valence-corrected chi connectivity index (χ1v) is 3.46. The second kappa shape index (κ2) is 5.09. The quantitative estimate of drug-likeness (QED) is 0.589. The largest absolute Gasteiger partial charge is 0.467 e. The summed E-state index contributed by atoms with van der Waals surface area (Å²) in [6, 6.07) is 0. The van der Waals surface area contributed by atoms with E-state index >= 15 is 0 Å². The number of esters is 1. The van der Waals surface area contributed by atoms with Gasteiger partial charge in [-0.3, -0.25) is 0 Å². The van der Waals surface area contributed by atoms with Gasteiger partial charge in [0, 0.05) is 7.11 Å². The van der Waals surface area contributed by atoms with Gasteiger partial charge < -0.3 is 14.6 Å². The zero-order valence-corrected chi connectivity index (χ0v) is 7.03. The number of hydrogen-bond acceptors (Lipinski definition) is 4. The van der Waals surface area contributed by atoms with Gasteiger partial charge >= 0.3 is 5.97 Å². The molecule has 0 saturated carbocycles. The van der Waals surface area contributed by atoms with Gasteiger partial charge in [-0.1, -0.05) is 6.92 Å². The van der Waals surface area contributed by atoms with E-state index < -0.39 is 18.2 Å². The summed E-state index contributed by atoms with van der Waals surface area (Å²) in [7, 11) is 2.62. The minimum Gasteiger partial charge on any atom is -0.467 e. The Morgan fingerprint density at radius 1 is 1.55 bits per heavy atom. The molecule has 2 atom stereocenters. The molecule has 0 aromatic rings. The molecule has 1 N–H and O–H groups in total. The lowest BCUT2D eigenvalue weighted by Gasteiger charge is -2.17. The summed E-state index contributed by atoms with van der Waals surface area (Å²) in [5.41, 5.74) is 0. The first-order valence-electron chi connectivity index (χ1n) is 3.46. The first-order chi connectivity index (χ1) is 5.17. The highest BCUT2D eigenvalue weighted by atomic mass is 16.6. The normalized spacial score (nSPS) is 15.6. The van der Waals surface area contributed by atoms with E-state index in [1.807, 2.05) is 0 Å². The van der Waals surface area contributed by atoms with Crippen LogP contribution in [-0.2, 0) is 14.3 Å². The molecule has 0 aliphatic heterocycles. The molecule has 4 heteroatoms. The van der Waals surface area contributed by atoms with Gasteiger partial charge in [0.25, 0.3) is 0 Å². The molecule has 0 saturated heterocycles. The van der Waals surface area contributed by atoms with Gasteiger partial charge in [-0.25, -0.2) is 4.79 Å². The molecule has 66 valence electrons. The van der Waals surface area contributed by atoms with Gasteiger partial charge in [0.1, 0.15) is 0 Å². The van der Waals surface area contributed by atoms with Crippen molar-refractivity contribution in [3.8, 4) is 0 Å². The minimum absolute atomic E-state index is 0.466. The molecular formula is C7H14O4. The van der Waals surface area contributed by atoms with E-state index in [2.05, 4.69) is 4.74 Å². The first kappa shape index (κ1) is 10.4. The van der Waals surface area contributed by atoms with Crippen molar-refractivity contribution in [3.63, 3.8) is 0 Å². The number of carbonyl (C=O) groups is 1. The van der Waals surface area contributed by atoms with Crippen molar-refractivity contribution in [1.82, 2.24) is 0 Å². The fourth-order valence-corrected chi connectivity index (χ4v) is 0.741. The van der Waals surface area contributed by atoms with E-state index in [0.29, 0.717) is 6.42 Å². The highest BCUT2D eigenvalue weighted by Gasteiger charge is 2.25. The topological polar surface area (TPSA) is 55.8 Å².